The van der Waals surface area contributed by atoms with Crippen LogP contribution in [0.4, 0.5) is 14.9 Å². The van der Waals surface area contributed by atoms with Crippen molar-refractivity contribution >= 4 is 33.6 Å². The zero-order valence-corrected chi connectivity index (χ0v) is 9.54. The summed E-state index contributed by atoms with van der Waals surface area (Å²) in [6, 6.07) is 3.32. The number of carbonyl (C=O) groups excluding carboxylic acids is 1. The third-order valence-electron chi connectivity index (χ3n) is 1.58. The van der Waals surface area contributed by atoms with Crippen LogP contribution in [0.15, 0.2) is 22.7 Å². The molecule has 0 unspecified atom stereocenters. The van der Waals surface area contributed by atoms with Crippen LogP contribution < -0.4 is 10.6 Å². The number of halogens is 2. The van der Waals surface area contributed by atoms with Gasteiger partial charge in [0.2, 0.25) is 0 Å². The van der Waals surface area contributed by atoms with E-state index < -0.39 is 24.4 Å². The lowest BCUT2D eigenvalue weighted by Gasteiger charge is -2.06. The molecule has 3 N–H and O–H groups in total. The van der Waals surface area contributed by atoms with Crippen molar-refractivity contribution in [2.24, 2.45) is 0 Å². The number of nitrogens with one attached hydrogen (secondary N) is 2. The van der Waals surface area contributed by atoms with E-state index in [-0.39, 0.29) is 10.2 Å². The second-order valence-electron chi connectivity index (χ2n) is 2.83. The summed E-state index contributed by atoms with van der Waals surface area (Å²) in [5.41, 5.74) is 0.239. The summed E-state index contributed by atoms with van der Waals surface area (Å²) in [6.45, 7) is -0.495. The van der Waals surface area contributed by atoms with E-state index in [4.69, 9.17) is 5.11 Å². The van der Waals surface area contributed by atoms with Gasteiger partial charge in [-0.25, -0.2) is 9.18 Å². The molecule has 0 saturated carbocycles. The number of hydrogen-bond donors (Lipinski definition) is 3. The van der Waals surface area contributed by atoms with E-state index in [1.807, 2.05) is 0 Å². The first-order valence-corrected chi connectivity index (χ1v) is 5.00. The van der Waals surface area contributed by atoms with E-state index in [2.05, 4.69) is 26.6 Å². The fourth-order valence-corrected chi connectivity index (χ4v) is 1.15. The Labute approximate surface area is 98.8 Å². The van der Waals surface area contributed by atoms with Crippen molar-refractivity contribution in [3.8, 4) is 0 Å². The van der Waals surface area contributed by atoms with Gasteiger partial charge in [0, 0.05) is 5.69 Å². The highest BCUT2D eigenvalue weighted by Crippen LogP contribution is 2.18. The number of aliphatic carboxylic acids is 1. The largest absolute Gasteiger partial charge is 0.480 e. The molecule has 0 aromatic heterocycles. The first-order chi connectivity index (χ1) is 7.49. The van der Waals surface area contributed by atoms with Crippen LogP contribution in [0.25, 0.3) is 0 Å². The monoisotopic (exact) mass is 290 g/mol. The number of benzene rings is 1. The van der Waals surface area contributed by atoms with Crippen molar-refractivity contribution in [1.29, 1.82) is 0 Å². The van der Waals surface area contributed by atoms with Gasteiger partial charge in [0.1, 0.15) is 12.4 Å². The molecule has 1 aromatic rings. The maximum atomic E-state index is 13.0. The lowest BCUT2D eigenvalue weighted by molar-refractivity contribution is -0.135. The van der Waals surface area contributed by atoms with Crippen LogP contribution in [0.1, 0.15) is 0 Å². The minimum Gasteiger partial charge on any atom is -0.480 e. The van der Waals surface area contributed by atoms with Crippen molar-refractivity contribution < 1.29 is 19.1 Å². The summed E-state index contributed by atoms with van der Waals surface area (Å²) in [6.07, 6.45) is 0. The molecule has 1 rings (SSSR count). The molecule has 0 fully saturated rings. The standard InChI is InChI=1S/C9H8BrFN2O3/c10-6-2-1-5(3-7(6)11)13-9(16)12-4-8(14)15/h1-3H,4H2,(H,14,15)(H2,12,13,16). The molecule has 0 radical (unpaired) electrons. The number of hydrogen-bond acceptors (Lipinski definition) is 2. The van der Waals surface area contributed by atoms with Crippen molar-refractivity contribution in [1.82, 2.24) is 5.32 Å². The molecule has 7 heteroatoms. The molecular formula is C9H8BrFN2O3. The van der Waals surface area contributed by atoms with Crippen molar-refractivity contribution in [3.63, 3.8) is 0 Å². The minimum absolute atomic E-state index is 0.239. The van der Waals surface area contributed by atoms with Gasteiger partial charge in [-0.1, -0.05) is 0 Å². The van der Waals surface area contributed by atoms with Crippen LogP contribution in [-0.4, -0.2) is 23.7 Å². The topological polar surface area (TPSA) is 78.4 Å². The molecule has 0 bridgehead atoms. The van der Waals surface area contributed by atoms with Crippen molar-refractivity contribution in [2.75, 3.05) is 11.9 Å². The minimum atomic E-state index is -1.16. The molecule has 0 spiro atoms. The number of rotatable bonds is 3. The zero-order valence-electron chi connectivity index (χ0n) is 7.96. The summed E-state index contributed by atoms with van der Waals surface area (Å²) in [5.74, 6) is -1.67. The number of carbonyl (C=O) groups is 2. The second kappa shape index (κ2) is 5.45. The Morgan fingerprint density at radius 2 is 2.12 bits per heavy atom. The van der Waals surface area contributed by atoms with Crippen molar-refractivity contribution in [2.45, 2.75) is 0 Å². The smallest absolute Gasteiger partial charge is 0.323 e. The molecule has 0 saturated heterocycles. The van der Waals surface area contributed by atoms with Gasteiger partial charge in [0.05, 0.1) is 4.47 Å². The zero-order chi connectivity index (χ0) is 12.1. The van der Waals surface area contributed by atoms with E-state index in [0.717, 1.165) is 6.07 Å². The SMILES string of the molecule is O=C(O)CNC(=O)Nc1ccc(Br)c(F)c1. The van der Waals surface area contributed by atoms with E-state index in [9.17, 15) is 14.0 Å². The Morgan fingerprint density at radius 3 is 2.69 bits per heavy atom. The van der Waals surface area contributed by atoms with Crippen LogP contribution >= 0.6 is 15.9 Å². The quantitative estimate of drug-likeness (QED) is 0.794. The maximum Gasteiger partial charge on any atom is 0.323 e. The summed E-state index contributed by atoms with van der Waals surface area (Å²) in [7, 11) is 0. The normalized spacial score (nSPS) is 9.62. The molecule has 0 atom stereocenters. The number of anilines is 1. The lowest BCUT2D eigenvalue weighted by Crippen LogP contribution is -2.33. The molecule has 0 aliphatic rings. The van der Waals surface area contributed by atoms with Crippen molar-refractivity contribution in [3.05, 3.63) is 28.5 Å². The molecule has 5 nitrogen and oxygen atoms in total. The van der Waals surface area contributed by atoms with Crippen LogP contribution in [-0.2, 0) is 4.79 Å². The summed E-state index contributed by atoms with van der Waals surface area (Å²) < 4.78 is 13.3. The molecule has 2 amide bonds. The van der Waals surface area contributed by atoms with E-state index in [1.54, 1.807) is 0 Å². The number of carboxylic acid groups (broad SMARTS) is 1. The highest BCUT2D eigenvalue weighted by molar-refractivity contribution is 9.10. The van der Waals surface area contributed by atoms with Gasteiger partial charge < -0.3 is 15.7 Å². The molecule has 0 aliphatic heterocycles. The van der Waals surface area contributed by atoms with Crippen LogP contribution in [0.2, 0.25) is 0 Å². The van der Waals surface area contributed by atoms with Gasteiger partial charge in [0.15, 0.2) is 0 Å². The summed E-state index contributed by atoms with van der Waals surface area (Å²) >= 11 is 2.96. The van der Waals surface area contributed by atoms with Gasteiger partial charge in [-0.15, -0.1) is 0 Å². The van der Waals surface area contributed by atoms with E-state index in [1.165, 1.54) is 12.1 Å². The van der Waals surface area contributed by atoms with Gasteiger partial charge in [-0.2, -0.15) is 0 Å². The van der Waals surface area contributed by atoms with Gasteiger partial charge in [-0.05, 0) is 34.1 Å². The number of amides is 2. The Balaban J connectivity index is 2.56. The molecule has 0 aliphatic carbocycles. The third-order valence-corrected chi connectivity index (χ3v) is 2.22. The predicted octanol–water partition coefficient (Wildman–Crippen LogP) is 1.79. The number of carboxylic acids is 1. The molecule has 0 heterocycles. The first kappa shape index (κ1) is 12.4. The Morgan fingerprint density at radius 1 is 1.44 bits per heavy atom. The van der Waals surface area contributed by atoms with Crippen LogP contribution in [0.5, 0.6) is 0 Å². The maximum absolute atomic E-state index is 13.0. The number of urea groups is 1. The summed E-state index contributed by atoms with van der Waals surface area (Å²) in [5, 5.41) is 12.7. The Hall–Kier alpha value is -1.63. The predicted molar refractivity (Wildman–Crippen MR) is 58.8 cm³/mol. The molecule has 1 aromatic carbocycles. The highest BCUT2D eigenvalue weighted by atomic mass is 79.9. The third kappa shape index (κ3) is 3.85. The van der Waals surface area contributed by atoms with Gasteiger partial charge >= 0.3 is 12.0 Å². The Kier molecular flexibility index (Phi) is 4.24. The average molecular weight is 291 g/mol. The molecule has 86 valence electrons. The van der Waals surface area contributed by atoms with Gasteiger partial charge in [0.25, 0.3) is 0 Å². The summed E-state index contributed by atoms with van der Waals surface area (Å²) in [4.78, 5) is 21.2. The van der Waals surface area contributed by atoms with Crippen LogP contribution in [0.3, 0.4) is 0 Å². The highest BCUT2D eigenvalue weighted by Gasteiger charge is 2.05. The average Bonchev–Trinajstić information content (AvgIpc) is 2.21. The van der Waals surface area contributed by atoms with E-state index in [0.29, 0.717) is 0 Å². The van der Waals surface area contributed by atoms with Gasteiger partial charge in [-0.3, -0.25) is 4.79 Å². The van der Waals surface area contributed by atoms with Crippen LogP contribution in [0, 0.1) is 5.82 Å². The lowest BCUT2D eigenvalue weighted by atomic mass is 10.3. The Bertz CT molecular complexity index is 425. The molecular weight excluding hydrogens is 283 g/mol. The second-order valence-corrected chi connectivity index (χ2v) is 3.68. The van der Waals surface area contributed by atoms with E-state index >= 15 is 0 Å². The first-order valence-electron chi connectivity index (χ1n) is 4.20. The fourth-order valence-electron chi connectivity index (χ4n) is 0.905. The molecule has 16 heavy (non-hydrogen) atoms. The fraction of sp³-hybridized carbons (Fsp3) is 0.111.